The van der Waals surface area contributed by atoms with Gasteiger partial charge in [-0.1, -0.05) is 12.1 Å². The van der Waals surface area contributed by atoms with Crippen LogP contribution in [0.2, 0.25) is 0 Å². The molecule has 0 saturated heterocycles. The van der Waals surface area contributed by atoms with Gasteiger partial charge in [0.2, 0.25) is 15.9 Å². The molecule has 1 atom stereocenters. The SMILES string of the molecule is CC(=O)Nc1cccc(C(C)NS(=O)(=O)CCC(=O)O)c1. The number of sulfonamides is 1. The number of carboxylic acids is 1. The molecule has 0 fully saturated rings. The number of rotatable bonds is 7. The first-order valence-corrected chi connectivity index (χ1v) is 7.94. The zero-order valence-corrected chi connectivity index (χ0v) is 12.6. The van der Waals surface area contributed by atoms with E-state index in [0.717, 1.165) is 0 Å². The lowest BCUT2D eigenvalue weighted by atomic mass is 10.1. The van der Waals surface area contributed by atoms with Crippen molar-refractivity contribution in [2.24, 2.45) is 0 Å². The molecule has 0 spiro atoms. The number of hydrogen-bond donors (Lipinski definition) is 3. The number of carbonyl (C=O) groups excluding carboxylic acids is 1. The smallest absolute Gasteiger partial charge is 0.304 e. The van der Waals surface area contributed by atoms with E-state index in [2.05, 4.69) is 10.0 Å². The number of carboxylic acid groups (broad SMARTS) is 1. The van der Waals surface area contributed by atoms with Gasteiger partial charge in [0.1, 0.15) is 0 Å². The first kappa shape index (κ1) is 17.1. The third kappa shape index (κ3) is 6.37. The van der Waals surface area contributed by atoms with Crippen LogP contribution in [-0.2, 0) is 19.6 Å². The van der Waals surface area contributed by atoms with E-state index >= 15 is 0 Å². The molecule has 0 saturated carbocycles. The van der Waals surface area contributed by atoms with E-state index in [4.69, 9.17) is 5.11 Å². The van der Waals surface area contributed by atoms with E-state index in [0.29, 0.717) is 11.3 Å². The highest BCUT2D eigenvalue weighted by Gasteiger charge is 2.17. The molecule has 0 bridgehead atoms. The average molecular weight is 314 g/mol. The first-order chi connectivity index (χ1) is 9.69. The maximum Gasteiger partial charge on any atom is 0.304 e. The summed E-state index contributed by atoms with van der Waals surface area (Å²) >= 11 is 0. The predicted molar refractivity (Wildman–Crippen MR) is 78.3 cm³/mol. The van der Waals surface area contributed by atoms with Crippen LogP contribution in [0.15, 0.2) is 24.3 Å². The van der Waals surface area contributed by atoms with Crippen molar-refractivity contribution in [3.05, 3.63) is 29.8 Å². The average Bonchev–Trinajstić information content (AvgIpc) is 2.35. The predicted octanol–water partition coefficient (Wildman–Crippen LogP) is 1.10. The van der Waals surface area contributed by atoms with Crippen molar-refractivity contribution in [3.8, 4) is 0 Å². The number of amides is 1. The van der Waals surface area contributed by atoms with Crippen LogP contribution in [0.4, 0.5) is 5.69 Å². The number of benzene rings is 1. The van der Waals surface area contributed by atoms with Gasteiger partial charge in [-0.15, -0.1) is 0 Å². The minimum Gasteiger partial charge on any atom is -0.481 e. The topological polar surface area (TPSA) is 113 Å². The molecule has 0 radical (unpaired) electrons. The summed E-state index contributed by atoms with van der Waals surface area (Å²) in [5.41, 5.74) is 1.23. The number of carbonyl (C=O) groups is 2. The summed E-state index contributed by atoms with van der Waals surface area (Å²) < 4.78 is 25.9. The van der Waals surface area contributed by atoms with Crippen LogP contribution < -0.4 is 10.0 Å². The molecule has 0 aliphatic carbocycles. The molecule has 0 heterocycles. The van der Waals surface area contributed by atoms with Crippen LogP contribution >= 0.6 is 0 Å². The van der Waals surface area contributed by atoms with Gasteiger partial charge >= 0.3 is 5.97 Å². The fourth-order valence-electron chi connectivity index (χ4n) is 1.71. The second-order valence-electron chi connectivity index (χ2n) is 4.61. The summed E-state index contributed by atoms with van der Waals surface area (Å²) in [6.45, 7) is 3.02. The Bertz CT molecular complexity index is 627. The highest BCUT2D eigenvalue weighted by molar-refractivity contribution is 7.89. The monoisotopic (exact) mass is 314 g/mol. The van der Waals surface area contributed by atoms with Crippen molar-refractivity contribution in [3.63, 3.8) is 0 Å². The second-order valence-corrected chi connectivity index (χ2v) is 6.48. The minimum absolute atomic E-state index is 0.221. The maximum atomic E-state index is 11.7. The zero-order chi connectivity index (χ0) is 16.0. The second kappa shape index (κ2) is 7.19. The van der Waals surface area contributed by atoms with E-state index in [9.17, 15) is 18.0 Å². The van der Waals surface area contributed by atoms with E-state index in [1.807, 2.05) is 0 Å². The molecule has 1 rings (SSSR count). The van der Waals surface area contributed by atoms with Crippen molar-refractivity contribution < 1.29 is 23.1 Å². The standard InChI is InChI=1S/C13H18N2O5S/c1-9(15-21(19,20)7-6-13(17)18)11-4-3-5-12(8-11)14-10(2)16/h3-5,8-9,15H,6-7H2,1-2H3,(H,14,16)(H,17,18). The summed E-state index contributed by atoms with van der Waals surface area (Å²) in [7, 11) is -3.68. The molecule has 1 aromatic rings. The Morgan fingerprint density at radius 2 is 2.00 bits per heavy atom. The zero-order valence-electron chi connectivity index (χ0n) is 11.8. The van der Waals surface area contributed by atoms with Crippen LogP contribution in [0.5, 0.6) is 0 Å². The maximum absolute atomic E-state index is 11.7. The van der Waals surface area contributed by atoms with Crippen molar-refractivity contribution in [1.82, 2.24) is 4.72 Å². The van der Waals surface area contributed by atoms with Gasteiger partial charge in [0, 0.05) is 18.7 Å². The largest absolute Gasteiger partial charge is 0.481 e. The van der Waals surface area contributed by atoms with Gasteiger partial charge in [0.25, 0.3) is 0 Å². The third-order valence-electron chi connectivity index (χ3n) is 2.65. The van der Waals surface area contributed by atoms with E-state index in [1.165, 1.54) is 6.92 Å². The summed E-state index contributed by atoms with van der Waals surface area (Å²) in [5, 5.41) is 11.1. The highest BCUT2D eigenvalue weighted by Crippen LogP contribution is 2.18. The van der Waals surface area contributed by atoms with Gasteiger partial charge in [-0.3, -0.25) is 9.59 Å². The fourth-order valence-corrected chi connectivity index (χ4v) is 2.94. The van der Waals surface area contributed by atoms with Gasteiger partial charge < -0.3 is 10.4 Å². The highest BCUT2D eigenvalue weighted by atomic mass is 32.2. The Hall–Kier alpha value is -1.93. The molecular formula is C13H18N2O5S. The summed E-state index contributed by atoms with van der Waals surface area (Å²) in [4.78, 5) is 21.4. The minimum atomic E-state index is -3.68. The lowest BCUT2D eigenvalue weighted by molar-refractivity contribution is -0.136. The van der Waals surface area contributed by atoms with Crippen LogP contribution in [0.1, 0.15) is 31.9 Å². The Labute approximate surface area is 123 Å². The summed E-state index contributed by atoms with van der Waals surface area (Å²) in [5.74, 6) is -1.86. The molecule has 8 heteroatoms. The van der Waals surface area contributed by atoms with Gasteiger partial charge in [0.05, 0.1) is 12.2 Å². The van der Waals surface area contributed by atoms with Crippen LogP contribution in [0.25, 0.3) is 0 Å². The van der Waals surface area contributed by atoms with E-state index in [-0.39, 0.29) is 5.91 Å². The van der Waals surface area contributed by atoms with Gasteiger partial charge in [-0.2, -0.15) is 0 Å². The summed E-state index contributed by atoms with van der Waals surface area (Å²) in [6.07, 6.45) is -0.450. The van der Waals surface area contributed by atoms with E-state index in [1.54, 1.807) is 31.2 Å². The fraction of sp³-hybridized carbons (Fsp3) is 0.385. The Kier molecular flexibility index (Phi) is 5.86. The molecule has 7 nitrogen and oxygen atoms in total. The Balaban J connectivity index is 2.77. The van der Waals surface area contributed by atoms with Gasteiger partial charge in [-0.25, -0.2) is 13.1 Å². The van der Waals surface area contributed by atoms with Crippen molar-refractivity contribution in [2.75, 3.05) is 11.1 Å². The molecule has 1 aromatic carbocycles. The summed E-state index contributed by atoms with van der Waals surface area (Å²) in [6, 6.07) is 6.23. The number of aliphatic carboxylic acids is 1. The molecule has 116 valence electrons. The number of nitrogens with one attached hydrogen (secondary N) is 2. The van der Waals surface area contributed by atoms with Crippen molar-refractivity contribution in [1.29, 1.82) is 0 Å². The van der Waals surface area contributed by atoms with Crippen molar-refractivity contribution in [2.45, 2.75) is 26.3 Å². The molecular weight excluding hydrogens is 296 g/mol. The molecule has 0 aromatic heterocycles. The quantitative estimate of drug-likeness (QED) is 0.697. The molecule has 0 aliphatic rings. The van der Waals surface area contributed by atoms with Crippen LogP contribution in [-0.4, -0.2) is 31.2 Å². The molecule has 3 N–H and O–H groups in total. The van der Waals surface area contributed by atoms with Crippen LogP contribution in [0.3, 0.4) is 0 Å². The Morgan fingerprint density at radius 1 is 1.33 bits per heavy atom. The molecule has 1 amide bonds. The van der Waals surface area contributed by atoms with Crippen LogP contribution in [0, 0.1) is 0 Å². The first-order valence-electron chi connectivity index (χ1n) is 6.29. The molecule has 0 aliphatic heterocycles. The van der Waals surface area contributed by atoms with Gasteiger partial charge in [0.15, 0.2) is 0 Å². The van der Waals surface area contributed by atoms with Crippen molar-refractivity contribution >= 4 is 27.6 Å². The number of anilines is 1. The third-order valence-corrected chi connectivity index (χ3v) is 4.10. The molecule has 21 heavy (non-hydrogen) atoms. The lowest BCUT2D eigenvalue weighted by Gasteiger charge is -2.15. The lowest BCUT2D eigenvalue weighted by Crippen LogP contribution is -2.30. The normalized spacial score (nSPS) is 12.7. The van der Waals surface area contributed by atoms with Gasteiger partial charge in [-0.05, 0) is 24.6 Å². The molecule has 1 unspecified atom stereocenters. The van der Waals surface area contributed by atoms with E-state index < -0.39 is 34.2 Å². The Morgan fingerprint density at radius 3 is 2.57 bits per heavy atom. The number of hydrogen-bond acceptors (Lipinski definition) is 4.